The number of amides is 1. The number of rotatable bonds is 5. The molecule has 16 heavy (non-hydrogen) atoms. The highest BCUT2D eigenvalue weighted by Gasteiger charge is 2.34. The first-order chi connectivity index (χ1) is 7.46. The van der Waals surface area contributed by atoms with Crippen LogP contribution in [0, 0.1) is 5.41 Å². The summed E-state index contributed by atoms with van der Waals surface area (Å²) in [6.45, 7) is 4.52. The third-order valence-corrected chi connectivity index (χ3v) is 3.89. The summed E-state index contributed by atoms with van der Waals surface area (Å²) in [4.78, 5) is 11.9. The Kier molecular flexibility index (Phi) is 4.33. The molecule has 0 spiro atoms. The maximum Gasteiger partial charge on any atom is 0.227 e. The van der Waals surface area contributed by atoms with E-state index in [0.717, 1.165) is 25.7 Å². The van der Waals surface area contributed by atoms with Crippen molar-refractivity contribution in [3.63, 3.8) is 0 Å². The van der Waals surface area contributed by atoms with Gasteiger partial charge in [0.15, 0.2) is 0 Å². The van der Waals surface area contributed by atoms with Crippen LogP contribution in [0.4, 0.5) is 0 Å². The van der Waals surface area contributed by atoms with E-state index in [0.29, 0.717) is 19.5 Å². The molecule has 0 aromatic heterocycles. The number of nitrogens with one attached hydrogen (secondary N) is 1. The van der Waals surface area contributed by atoms with Gasteiger partial charge in [-0.1, -0.05) is 19.8 Å². The van der Waals surface area contributed by atoms with E-state index < -0.39 is 11.0 Å². The normalized spacial score (nSPS) is 22.8. The van der Waals surface area contributed by atoms with Gasteiger partial charge < -0.3 is 16.2 Å². The van der Waals surface area contributed by atoms with E-state index in [2.05, 4.69) is 5.32 Å². The molecule has 0 aromatic carbocycles. The Morgan fingerprint density at radius 3 is 2.50 bits per heavy atom. The molecular weight excluding hydrogens is 204 g/mol. The van der Waals surface area contributed by atoms with Gasteiger partial charge in [0.2, 0.25) is 5.91 Å². The van der Waals surface area contributed by atoms with E-state index in [1.165, 1.54) is 0 Å². The molecule has 1 rings (SSSR count). The molecule has 4 heteroatoms. The minimum Gasteiger partial charge on any atom is -0.388 e. The average molecular weight is 228 g/mol. The minimum atomic E-state index is -0.682. The molecule has 1 amide bonds. The lowest BCUT2D eigenvalue weighted by atomic mass is 9.86. The Labute approximate surface area is 97.6 Å². The summed E-state index contributed by atoms with van der Waals surface area (Å²) in [7, 11) is 0. The van der Waals surface area contributed by atoms with Crippen molar-refractivity contribution in [3.8, 4) is 0 Å². The summed E-state index contributed by atoms with van der Waals surface area (Å²) in [5.74, 6) is -0.0437. The molecule has 1 aliphatic carbocycles. The Balaban J connectivity index is 2.45. The third-order valence-electron chi connectivity index (χ3n) is 3.89. The van der Waals surface area contributed by atoms with Gasteiger partial charge in [-0.05, 0) is 26.2 Å². The molecular formula is C12H24N2O2. The fourth-order valence-corrected chi connectivity index (χ4v) is 2.07. The number of carbonyl (C=O) groups excluding carboxylic acids is 1. The summed E-state index contributed by atoms with van der Waals surface area (Å²) < 4.78 is 0. The average Bonchev–Trinajstić information content (AvgIpc) is 2.72. The van der Waals surface area contributed by atoms with Gasteiger partial charge in [0.1, 0.15) is 0 Å². The molecule has 0 aromatic rings. The van der Waals surface area contributed by atoms with Gasteiger partial charge in [-0.25, -0.2) is 0 Å². The summed E-state index contributed by atoms with van der Waals surface area (Å²) >= 11 is 0. The Bertz CT molecular complexity index is 243. The molecule has 94 valence electrons. The van der Waals surface area contributed by atoms with Crippen molar-refractivity contribution in [1.29, 1.82) is 0 Å². The first-order valence-corrected chi connectivity index (χ1v) is 6.16. The van der Waals surface area contributed by atoms with Crippen LogP contribution in [0.1, 0.15) is 46.0 Å². The molecule has 1 aliphatic rings. The Morgan fingerprint density at radius 1 is 1.50 bits per heavy atom. The quantitative estimate of drug-likeness (QED) is 0.651. The maximum absolute atomic E-state index is 11.9. The minimum absolute atomic E-state index is 0.0437. The number of hydrogen-bond acceptors (Lipinski definition) is 3. The lowest BCUT2D eigenvalue weighted by Gasteiger charge is -2.28. The van der Waals surface area contributed by atoms with Crippen LogP contribution in [-0.4, -0.2) is 29.7 Å². The summed E-state index contributed by atoms with van der Waals surface area (Å²) in [5, 5.41) is 12.9. The van der Waals surface area contributed by atoms with Gasteiger partial charge in [-0.15, -0.1) is 0 Å². The smallest absolute Gasteiger partial charge is 0.227 e. The van der Waals surface area contributed by atoms with E-state index in [-0.39, 0.29) is 5.91 Å². The number of carbonyl (C=O) groups is 1. The predicted molar refractivity (Wildman–Crippen MR) is 63.9 cm³/mol. The van der Waals surface area contributed by atoms with E-state index in [4.69, 9.17) is 5.73 Å². The van der Waals surface area contributed by atoms with Crippen LogP contribution in [0.5, 0.6) is 0 Å². The fraction of sp³-hybridized carbons (Fsp3) is 0.917. The summed E-state index contributed by atoms with van der Waals surface area (Å²) in [5.41, 5.74) is 4.43. The van der Waals surface area contributed by atoms with E-state index in [1.807, 2.05) is 13.8 Å². The van der Waals surface area contributed by atoms with Crippen molar-refractivity contribution in [3.05, 3.63) is 0 Å². The zero-order valence-electron chi connectivity index (χ0n) is 10.4. The molecule has 4 N–H and O–H groups in total. The van der Waals surface area contributed by atoms with Crippen LogP contribution in [0.15, 0.2) is 0 Å². The third kappa shape index (κ3) is 2.95. The number of aliphatic hydroxyl groups is 1. The SMILES string of the molecule is CCC(C)(CN)C(=O)NCC1(O)CCCC1. The van der Waals surface area contributed by atoms with E-state index in [9.17, 15) is 9.90 Å². The number of nitrogens with two attached hydrogens (primary N) is 1. The Morgan fingerprint density at radius 2 is 2.06 bits per heavy atom. The van der Waals surface area contributed by atoms with Gasteiger partial charge in [0.05, 0.1) is 11.0 Å². The molecule has 1 atom stereocenters. The molecule has 0 heterocycles. The van der Waals surface area contributed by atoms with Gasteiger partial charge in [-0.2, -0.15) is 0 Å². The molecule has 0 radical (unpaired) electrons. The largest absolute Gasteiger partial charge is 0.388 e. The molecule has 1 unspecified atom stereocenters. The standard InChI is InChI=1S/C12H24N2O2/c1-3-11(2,8-13)10(15)14-9-12(16)6-4-5-7-12/h16H,3-9,13H2,1-2H3,(H,14,15). The first kappa shape index (κ1) is 13.5. The van der Waals surface area contributed by atoms with Crippen LogP contribution in [0.25, 0.3) is 0 Å². The first-order valence-electron chi connectivity index (χ1n) is 6.16. The predicted octanol–water partition coefficient (Wildman–Crippen LogP) is 0.783. The van der Waals surface area contributed by atoms with Crippen LogP contribution >= 0.6 is 0 Å². The molecule has 4 nitrogen and oxygen atoms in total. The summed E-state index contributed by atoms with van der Waals surface area (Å²) in [6, 6.07) is 0. The second-order valence-electron chi connectivity index (χ2n) is 5.23. The molecule has 0 aliphatic heterocycles. The van der Waals surface area contributed by atoms with Crippen molar-refractivity contribution in [2.45, 2.75) is 51.6 Å². The van der Waals surface area contributed by atoms with Crippen LogP contribution in [0.3, 0.4) is 0 Å². The van der Waals surface area contributed by atoms with Crippen molar-refractivity contribution in [2.75, 3.05) is 13.1 Å². The topological polar surface area (TPSA) is 75.4 Å². The van der Waals surface area contributed by atoms with Crippen LogP contribution in [0.2, 0.25) is 0 Å². The van der Waals surface area contributed by atoms with Crippen LogP contribution < -0.4 is 11.1 Å². The lowest BCUT2D eigenvalue weighted by molar-refractivity contribution is -0.131. The van der Waals surface area contributed by atoms with Gasteiger partial charge in [0.25, 0.3) is 0 Å². The lowest BCUT2D eigenvalue weighted by Crippen LogP contribution is -2.48. The van der Waals surface area contributed by atoms with Gasteiger partial charge >= 0.3 is 0 Å². The highest BCUT2D eigenvalue weighted by molar-refractivity contribution is 5.82. The summed E-state index contributed by atoms with van der Waals surface area (Å²) in [6.07, 6.45) is 4.40. The van der Waals surface area contributed by atoms with Crippen molar-refractivity contribution in [2.24, 2.45) is 11.1 Å². The molecule has 0 bridgehead atoms. The maximum atomic E-state index is 11.9. The highest BCUT2D eigenvalue weighted by atomic mass is 16.3. The fourth-order valence-electron chi connectivity index (χ4n) is 2.07. The highest BCUT2D eigenvalue weighted by Crippen LogP contribution is 2.29. The van der Waals surface area contributed by atoms with Crippen LogP contribution in [-0.2, 0) is 4.79 Å². The molecule has 1 saturated carbocycles. The van der Waals surface area contributed by atoms with Gasteiger partial charge in [-0.3, -0.25) is 4.79 Å². The second kappa shape index (κ2) is 5.15. The zero-order valence-corrected chi connectivity index (χ0v) is 10.4. The monoisotopic (exact) mass is 228 g/mol. The van der Waals surface area contributed by atoms with Crippen molar-refractivity contribution >= 4 is 5.91 Å². The van der Waals surface area contributed by atoms with Gasteiger partial charge in [0, 0.05) is 13.1 Å². The second-order valence-corrected chi connectivity index (χ2v) is 5.23. The van der Waals surface area contributed by atoms with E-state index >= 15 is 0 Å². The Hall–Kier alpha value is -0.610. The van der Waals surface area contributed by atoms with E-state index in [1.54, 1.807) is 0 Å². The zero-order chi connectivity index (χ0) is 12.2. The van der Waals surface area contributed by atoms with Crippen molar-refractivity contribution in [1.82, 2.24) is 5.32 Å². The molecule has 0 saturated heterocycles. The van der Waals surface area contributed by atoms with Crippen molar-refractivity contribution < 1.29 is 9.90 Å². The molecule has 1 fully saturated rings. The number of hydrogen-bond donors (Lipinski definition) is 3.